The lowest BCUT2D eigenvalue weighted by molar-refractivity contribution is -0.161. The molecule has 4 aliphatic rings. The van der Waals surface area contributed by atoms with E-state index in [0.29, 0.717) is 43.4 Å². The number of fused-ring (bicyclic) bond motifs is 2. The van der Waals surface area contributed by atoms with Crippen LogP contribution in [0.1, 0.15) is 76.9 Å². The standard InChI is InChI=1S/C35H46BrN3O7/c1-3-4-18-38-19-12-8-11-17-26(41)37-23(2)29(24-15-9-7-10-16-24)45-34(44)27-28-32(42)39(20-13-5-6-14-21-40)31(33(38)43)35(28)22-25(36)30(27)46-35/h7-10,12,15-16,22-23,27-31,40H,3-6,11,13-14,17-21H2,1-2H3,(H,37,41)/b12-8-/t23-,27+,28-,29+,30+,31+,35-/m0/s1. The minimum Gasteiger partial charge on any atom is -0.455 e. The molecule has 2 N–H and O–H groups in total. The first-order valence-corrected chi connectivity index (χ1v) is 17.5. The second-order valence-electron chi connectivity index (χ2n) is 12.8. The number of cyclic esters (lactones) is 1. The quantitative estimate of drug-likeness (QED) is 0.213. The number of carbonyl (C=O) groups is 4. The minimum absolute atomic E-state index is 0.110. The molecule has 1 aromatic rings. The number of unbranched alkanes of at least 4 members (excludes halogenated alkanes) is 4. The number of nitrogens with zero attached hydrogens (tertiary/aromatic N) is 2. The van der Waals surface area contributed by atoms with Gasteiger partial charge in [-0.1, -0.05) is 84.6 Å². The molecule has 4 aliphatic heterocycles. The lowest BCUT2D eigenvalue weighted by atomic mass is 9.74. The molecule has 2 saturated heterocycles. The molecule has 1 spiro atoms. The molecule has 11 heteroatoms. The van der Waals surface area contributed by atoms with Crippen molar-refractivity contribution >= 4 is 39.6 Å². The van der Waals surface area contributed by atoms with Crippen molar-refractivity contribution in [3.63, 3.8) is 0 Å². The van der Waals surface area contributed by atoms with Crippen LogP contribution in [0.5, 0.6) is 0 Å². The number of halogens is 1. The average molecular weight is 701 g/mol. The van der Waals surface area contributed by atoms with Gasteiger partial charge in [-0.25, -0.2) is 0 Å². The zero-order chi connectivity index (χ0) is 32.8. The molecule has 0 unspecified atom stereocenters. The van der Waals surface area contributed by atoms with E-state index in [9.17, 15) is 24.3 Å². The van der Waals surface area contributed by atoms with Crippen LogP contribution in [-0.2, 0) is 28.7 Å². The molecular formula is C35H46BrN3O7. The highest BCUT2D eigenvalue weighted by Crippen LogP contribution is 2.59. The highest BCUT2D eigenvalue weighted by atomic mass is 79.9. The molecular weight excluding hydrogens is 654 g/mol. The average Bonchev–Trinajstić information content (AvgIpc) is 3.63. The van der Waals surface area contributed by atoms with Gasteiger partial charge in [0.25, 0.3) is 0 Å². The largest absolute Gasteiger partial charge is 0.455 e. The fraction of sp³-hybridized carbons (Fsp3) is 0.600. The number of carbonyl (C=O) groups excluding carboxylic acids is 4. The Balaban J connectivity index is 1.55. The number of nitrogens with one attached hydrogen (secondary N) is 1. The molecule has 5 bridgehead atoms. The fourth-order valence-corrected chi connectivity index (χ4v) is 8.04. The first-order valence-electron chi connectivity index (χ1n) is 16.7. The van der Waals surface area contributed by atoms with Gasteiger partial charge in [0.2, 0.25) is 17.7 Å². The predicted molar refractivity (Wildman–Crippen MR) is 175 cm³/mol. The monoisotopic (exact) mass is 699 g/mol. The van der Waals surface area contributed by atoms with Crippen molar-refractivity contribution in [1.29, 1.82) is 0 Å². The van der Waals surface area contributed by atoms with Crippen molar-refractivity contribution < 1.29 is 33.8 Å². The number of amides is 3. The van der Waals surface area contributed by atoms with Crippen LogP contribution in [0.3, 0.4) is 0 Å². The van der Waals surface area contributed by atoms with Gasteiger partial charge in [-0.05, 0) is 44.2 Å². The summed E-state index contributed by atoms with van der Waals surface area (Å²) < 4.78 is 13.5. The number of hydrogen-bond acceptors (Lipinski definition) is 7. The summed E-state index contributed by atoms with van der Waals surface area (Å²) in [5, 5.41) is 12.2. The van der Waals surface area contributed by atoms with Gasteiger partial charge >= 0.3 is 5.97 Å². The fourth-order valence-electron chi connectivity index (χ4n) is 7.31. The molecule has 46 heavy (non-hydrogen) atoms. The molecule has 0 aliphatic carbocycles. The van der Waals surface area contributed by atoms with Crippen molar-refractivity contribution in [3.05, 3.63) is 58.6 Å². The summed E-state index contributed by atoms with van der Waals surface area (Å²) >= 11 is 3.62. The lowest BCUT2D eigenvalue weighted by Crippen LogP contribution is -2.56. The maximum Gasteiger partial charge on any atom is 0.313 e. The zero-order valence-corrected chi connectivity index (χ0v) is 28.3. The Bertz CT molecular complexity index is 1340. The number of aliphatic hydroxyl groups excluding tert-OH is 1. The van der Waals surface area contributed by atoms with E-state index < -0.39 is 47.7 Å². The SMILES string of the molecule is CCCCN1C/C=C\CCC(=O)N[C@@H](C)[C@H](c2ccccc2)OC(=O)[C@H]2[C@@H]3O[C@@]4(C=C3Br)[C@@H]2C(=O)N(CCCCCCO)[C@@H]4C1=O. The van der Waals surface area contributed by atoms with Crippen molar-refractivity contribution in [2.75, 3.05) is 26.2 Å². The number of hydrogen-bond donors (Lipinski definition) is 2. The Morgan fingerprint density at radius 2 is 1.74 bits per heavy atom. The summed E-state index contributed by atoms with van der Waals surface area (Å²) in [5.41, 5.74) is -0.604. The summed E-state index contributed by atoms with van der Waals surface area (Å²) in [4.78, 5) is 59.6. The van der Waals surface area contributed by atoms with E-state index in [4.69, 9.17) is 9.47 Å². The van der Waals surface area contributed by atoms with Crippen LogP contribution < -0.4 is 5.32 Å². The van der Waals surface area contributed by atoms with Gasteiger partial charge < -0.3 is 29.7 Å². The van der Waals surface area contributed by atoms with Crippen LogP contribution in [0.4, 0.5) is 0 Å². The van der Waals surface area contributed by atoms with Gasteiger partial charge in [0.05, 0.1) is 12.0 Å². The Labute approximate surface area is 279 Å². The summed E-state index contributed by atoms with van der Waals surface area (Å²) in [6.07, 6.45) is 9.43. The summed E-state index contributed by atoms with van der Waals surface area (Å²) in [6, 6.07) is 7.77. The molecule has 5 rings (SSSR count). The van der Waals surface area contributed by atoms with Crippen LogP contribution in [0.2, 0.25) is 0 Å². The minimum atomic E-state index is -1.32. The van der Waals surface area contributed by atoms with Crippen molar-refractivity contribution in [2.24, 2.45) is 11.8 Å². The highest BCUT2D eigenvalue weighted by molar-refractivity contribution is 9.11. The maximum absolute atomic E-state index is 14.6. The van der Waals surface area contributed by atoms with Gasteiger partial charge in [0.15, 0.2) is 0 Å². The van der Waals surface area contributed by atoms with E-state index in [-0.39, 0.29) is 30.7 Å². The van der Waals surface area contributed by atoms with Crippen LogP contribution >= 0.6 is 15.9 Å². The number of ether oxygens (including phenoxy) is 2. The van der Waals surface area contributed by atoms with E-state index >= 15 is 0 Å². The Kier molecular flexibility index (Phi) is 11.4. The van der Waals surface area contributed by atoms with Crippen molar-refractivity contribution in [2.45, 2.75) is 95.1 Å². The molecule has 1 aromatic carbocycles. The molecule has 250 valence electrons. The number of allylic oxidation sites excluding steroid dienone is 1. The van der Waals surface area contributed by atoms with E-state index in [1.807, 2.05) is 48.6 Å². The normalized spacial score (nSPS) is 32.3. The number of likely N-dealkylation sites (tertiary alicyclic amines) is 1. The number of benzene rings is 1. The van der Waals surface area contributed by atoms with Crippen LogP contribution in [0.15, 0.2) is 53.0 Å². The molecule has 3 amide bonds. The first-order chi connectivity index (χ1) is 22.2. The Morgan fingerprint density at radius 3 is 2.48 bits per heavy atom. The van der Waals surface area contributed by atoms with Gasteiger partial charge in [-0.15, -0.1) is 0 Å². The van der Waals surface area contributed by atoms with E-state index in [0.717, 1.165) is 31.2 Å². The third-order valence-electron chi connectivity index (χ3n) is 9.58. The molecule has 0 radical (unpaired) electrons. The predicted octanol–water partition coefficient (Wildman–Crippen LogP) is 4.18. The van der Waals surface area contributed by atoms with Gasteiger partial charge in [0, 0.05) is 37.1 Å². The second-order valence-corrected chi connectivity index (χ2v) is 13.7. The molecule has 0 aromatic heterocycles. The van der Waals surface area contributed by atoms with Crippen molar-refractivity contribution in [3.8, 4) is 0 Å². The van der Waals surface area contributed by atoms with E-state index in [1.165, 1.54) is 0 Å². The van der Waals surface area contributed by atoms with Crippen molar-refractivity contribution in [1.82, 2.24) is 15.1 Å². The first kappa shape index (κ1) is 34.3. The summed E-state index contributed by atoms with van der Waals surface area (Å²) in [6.45, 7) is 5.16. The number of esters is 1. The summed E-state index contributed by atoms with van der Waals surface area (Å²) in [7, 11) is 0. The molecule has 10 nitrogen and oxygen atoms in total. The van der Waals surface area contributed by atoms with E-state index in [1.54, 1.807) is 16.7 Å². The summed E-state index contributed by atoms with van der Waals surface area (Å²) in [5.74, 6) is -3.18. The van der Waals surface area contributed by atoms with Gasteiger partial charge in [-0.2, -0.15) is 0 Å². The third-order valence-corrected chi connectivity index (χ3v) is 10.3. The van der Waals surface area contributed by atoms with Crippen LogP contribution in [0.25, 0.3) is 0 Å². The van der Waals surface area contributed by atoms with Gasteiger partial charge in [0.1, 0.15) is 29.8 Å². The molecule has 4 heterocycles. The Hall–Kier alpha value is -3.02. The number of rotatable bonds is 10. The molecule has 0 saturated carbocycles. The lowest BCUT2D eigenvalue weighted by Gasteiger charge is -2.36. The van der Waals surface area contributed by atoms with Gasteiger partial charge in [-0.3, -0.25) is 19.2 Å². The molecule has 7 atom stereocenters. The molecule has 2 fully saturated rings. The maximum atomic E-state index is 14.6. The van der Waals surface area contributed by atoms with E-state index in [2.05, 4.69) is 28.2 Å². The Morgan fingerprint density at radius 1 is 0.978 bits per heavy atom. The third kappa shape index (κ3) is 6.82. The highest BCUT2D eigenvalue weighted by Gasteiger charge is 2.74. The number of aliphatic hydroxyl groups is 1. The topological polar surface area (TPSA) is 125 Å². The second kappa shape index (κ2) is 15.3. The van der Waals surface area contributed by atoms with Crippen LogP contribution in [-0.4, -0.2) is 88.6 Å². The zero-order valence-electron chi connectivity index (χ0n) is 26.7. The van der Waals surface area contributed by atoms with Crippen LogP contribution in [0, 0.1) is 11.8 Å². The smallest absolute Gasteiger partial charge is 0.313 e.